The molecule has 0 bridgehead atoms. The molecule has 3 aromatic heterocycles. The standard InChI is InChI=1S/C22H23F3N6O2/c1-10-27-18-14(23)4-11(5-15(18)31(10)9-16(24)25)13-8-26-19-17(13)20(33-3)30-21(29-19)28-12-6-22(2,32)7-12/h4-5,8,12,16,32H,6-7,9H2,1-3H3,(H2,26,28,29,30)/t12-,22-. The number of nitrogens with zero attached hydrogens (tertiary/aromatic N) is 4. The number of aromatic amines is 1. The van der Waals surface area contributed by atoms with Crippen molar-refractivity contribution in [3.05, 3.63) is 30.0 Å². The van der Waals surface area contributed by atoms with Crippen LogP contribution in [0.5, 0.6) is 5.88 Å². The van der Waals surface area contributed by atoms with Gasteiger partial charge < -0.3 is 24.7 Å². The molecule has 11 heteroatoms. The summed E-state index contributed by atoms with van der Waals surface area (Å²) in [5, 5.41) is 13.7. The van der Waals surface area contributed by atoms with Gasteiger partial charge in [0.05, 0.1) is 30.2 Å². The van der Waals surface area contributed by atoms with Gasteiger partial charge in [-0.05, 0) is 44.4 Å². The lowest BCUT2D eigenvalue weighted by Gasteiger charge is -2.41. The number of anilines is 1. The highest BCUT2D eigenvalue weighted by Crippen LogP contribution is 2.38. The molecule has 5 rings (SSSR count). The minimum atomic E-state index is -2.60. The van der Waals surface area contributed by atoms with Crippen molar-refractivity contribution in [2.45, 2.75) is 51.3 Å². The van der Waals surface area contributed by atoms with Gasteiger partial charge in [0, 0.05) is 17.8 Å². The molecule has 3 heterocycles. The summed E-state index contributed by atoms with van der Waals surface area (Å²) in [4.78, 5) is 16.1. The number of rotatable bonds is 6. The van der Waals surface area contributed by atoms with Crippen LogP contribution < -0.4 is 10.1 Å². The number of aryl methyl sites for hydroxylation is 1. The summed E-state index contributed by atoms with van der Waals surface area (Å²) in [6.07, 6.45) is 0.218. The normalized spacial score (nSPS) is 20.5. The first-order valence-corrected chi connectivity index (χ1v) is 10.5. The molecule has 0 saturated heterocycles. The van der Waals surface area contributed by atoms with Gasteiger partial charge >= 0.3 is 0 Å². The molecule has 0 spiro atoms. The lowest BCUT2D eigenvalue weighted by molar-refractivity contribution is -0.0236. The van der Waals surface area contributed by atoms with E-state index in [4.69, 9.17) is 4.74 Å². The molecule has 0 radical (unpaired) electrons. The van der Waals surface area contributed by atoms with Gasteiger partial charge in [-0.25, -0.2) is 18.2 Å². The molecule has 0 atom stereocenters. The van der Waals surface area contributed by atoms with Crippen molar-refractivity contribution in [3.63, 3.8) is 0 Å². The van der Waals surface area contributed by atoms with Crippen molar-refractivity contribution >= 4 is 28.0 Å². The topological polar surface area (TPSA) is 101 Å². The first-order valence-electron chi connectivity index (χ1n) is 10.5. The van der Waals surface area contributed by atoms with Crippen LogP contribution in [0.2, 0.25) is 0 Å². The van der Waals surface area contributed by atoms with E-state index in [0.29, 0.717) is 46.8 Å². The van der Waals surface area contributed by atoms with E-state index >= 15 is 0 Å². The SMILES string of the molecule is COc1nc(N[C@H]2C[C@](C)(O)C2)nc2[nH]cc(-c3cc(F)c4nc(C)n(CC(F)F)c4c3)c12. The molecule has 4 aromatic rings. The maximum Gasteiger partial charge on any atom is 0.256 e. The number of alkyl halides is 2. The fourth-order valence-electron chi connectivity index (χ4n) is 4.55. The molecule has 1 fully saturated rings. The fourth-order valence-corrected chi connectivity index (χ4v) is 4.55. The summed E-state index contributed by atoms with van der Waals surface area (Å²) in [6, 6.07) is 2.99. The molecule has 174 valence electrons. The number of methoxy groups -OCH3 is 1. The third-order valence-electron chi connectivity index (χ3n) is 6.03. The molecule has 0 unspecified atom stereocenters. The highest BCUT2D eigenvalue weighted by atomic mass is 19.3. The Labute approximate surface area is 186 Å². The Morgan fingerprint density at radius 3 is 2.73 bits per heavy atom. The molecule has 1 aliphatic rings. The molecule has 1 aromatic carbocycles. The molecule has 0 aliphatic heterocycles. The number of aliphatic hydroxyl groups is 1. The van der Waals surface area contributed by atoms with Gasteiger partial charge in [0.1, 0.15) is 17.0 Å². The number of benzene rings is 1. The lowest BCUT2D eigenvalue weighted by atomic mass is 9.77. The summed E-state index contributed by atoms with van der Waals surface area (Å²) in [5.74, 6) is 0.332. The number of ether oxygens (including phenoxy) is 1. The van der Waals surface area contributed by atoms with Gasteiger partial charge in [0.2, 0.25) is 11.8 Å². The van der Waals surface area contributed by atoms with Crippen LogP contribution in [0.3, 0.4) is 0 Å². The van der Waals surface area contributed by atoms with Crippen LogP contribution in [0.1, 0.15) is 25.6 Å². The minimum Gasteiger partial charge on any atom is -0.480 e. The second-order valence-electron chi connectivity index (χ2n) is 8.72. The number of aromatic nitrogens is 5. The maximum absolute atomic E-state index is 14.9. The van der Waals surface area contributed by atoms with Crippen molar-refractivity contribution in [2.24, 2.45) is 0 Å². The van der Waals surface area contributed by atoms with Crippen LogP contribution in [-0.2, 0) is 6.54 Å². The largest absolute Gasteiger partial charge is 0.480 e. The van der Waals surface area contributed by atoms with E-state index < -0.39 is 24.4 Å². The van der Waals surface area contributed by atoms with E-state index in [9.17, 15) is 18.3 Å². The number of hydrogen-bond acceptors (Lipinski definition) is 6. The van der Waals surface area contributed by atoms with E-state index in [1.54, 1.807) is 26.1 Å². The van der Waals surface area contributed by atoms with Gasteiger partial charge in [-0.3, -0.25) is 0 Å². The van der Waals surface area contributed by atoms with E-state index in [0.717, 1.165) is 0 Å². The third-order valence-corrected chi connectivity index (χ3v) is 6.03. The predicted octanol–water partition coefficient (Wildman–Crippen LogP) is 4.02. The summed E-state index contributed by atoms with van der Waals surface area (Å²) >= 11 is 0. The van der Waals surface area contributed by atoms with Gasteiger partial charge in [-0.1, -0.05) is 0 Å². The number of imidazole rings is 1. The number of halogens is 3. The molecule has 1 saturated carbocycles. The predicted molar refractivity (Wildman–Crippen MR) is 117 cm³/mol. The van der Waals surface area contributed by atoms with Gasteiger partial charge in [0.25, 0.3) is 6.43 Å². The monoisotopic (exact) mass is 460 g/mol. The summed E-state index contributed by atoms with van der Waals surface area (Å²) in [6.45, 7) is 2.77. The summed E-state index contributed by atoms with van der Waals surface area (Å²) < 4.78 is 47.9. The Morgan fingerprint density at radius 1 is 1.30 bits per heavy atom. The van der Waals surface area contributed by atoms with E-state index in [1.165, 1.54) is 17.7 Å². The Balaban J connectivity index is 1.58. The van der Waals surface area contributed by atoms with E-state index in [-0.39, 0.29) is 23.0 Å². The molecular weight excluding hydrogens is 437 g/mol. The Hall–Kier alpha value is -3.34. The molecule has 3 N–H and O–H groups in total. The van der Waals surface area contributed by atoms with Crippen molar-refractivity contribution < 1.29 is 23.0 Å². The fraction of sp³-hybridized carbons (Fsp3) is 0.409. The van der Waals surface area contributed by atoms with E-state index in [2.05, 4.69) is 25.3 Å². The highest BCUT2D eigenvalue weighted by molar-refractivity contribution is 5.99. The van der Waals surface area contributed by atoms with Gasteiger partial charge in [-0.2, -0.15) is 9.97 Å². The number of nitrogens with one attached hydrogen (secondary N) is 2. The Kier molecular flexibility index (Phi) is 4.96. The Morgan fingerprint density at radius 2 is 2.06 bits per heavy atom. The second-order valence-corrected chi connectivity index (χ2v) is 8.72. The summed E-state index contributed by atoms with van der Waals surface area (Å²) in [5.41, 5.74) is 1.14. The van der Waals surface area contributed by atoms with Crippen molar-refractivity contribution in [1.82, 2.24) is 24.5 Å². The average molecular weight is 460 g/mol. The van der Waals surface area contributed by atoms with Crippen LogP contribution in [-0.4, -0.2) is 54.8 Å². The smallest absolute Gasteiger partial charge is 0.256 e. The molecular formula is C22H23F3N6O2. The van der Waals surface area contributed by atoms with E-state index in [1.807, 2.05) is 0 Å². The first-order chi connectivity index (χ1) is 15.6. The van der Waals surface area contributed by atoms with Crippen LogP contribution in [0, 0.1) is 12.7 Å². The first kappa shape index (κ1) is 21.5. The molecule has 8 nitrogen and oxygen atoms in total. The lowest BCUT2D eigenvalue weighted by Crippen LogP contribution is -2.48. The average Bonchev–Trinajstić information content (AvgIpc) is 3.28. The van der Waals surface area contributed by atoms with Crippen LogP contribution in [0.25, 0.3) is 33.2 Å². The number of hydrogen-bond donors (Lipinski definition) is 3. The van der Waals surface area contributed by atoms with Crippen molar-refractivity contribution in [1.29, 1.82) is 0 Å². The third kappa shape index (κ3) is 3.75. The van der Waals surface area contributed by atoms with Gasteiger partial charge in [-0.15, -0.1) is 0 Å². The maximum atomic E-state index is 14.9. The molecule has 33 heavy (non-hydrogen) atoms. The zero-order chi connectivity index (χ0) is 23.5. The zero-order valence-corrected chi connectivity index (χ0v) is 18.3. The quantitative estimate of drug-likeness (QED) is 0.402. The number of H-pyrrole nitrogens is 1. The van der Waals surface area contributed by atoms with Crippen LogP contribution in [0.15, 0.2) is 18.3 Å². The van der Waals surface area contributed by atoms with Crippen molar-refractivity contribution in [3.8, 4) is 17.0 Å². The Bertz CT molecular complexity index is 1360. The summed E-state index contributed by atoms with van der Waals surface area (Å²) in [7, 11) is 1.47. The second kappa shape index (κ2) is 7.62. The van der Waals surface area contributed by atoms with Gasteiger partial charge in [0.15, 0.2) is 5.82 Å². The number of fused-ring (bicyclic) bond motifs is 2. The van der Waals surface area contributed by atoms with Crippen LogP contribution >= 0.6 is 0 Å². The highest BCUT2D eigenvalue weighted by Gasteiger charge is 2.38. The molecule has 0 amide bonds. The minimum absolute atomic E-state index is 0.0443. The van der Waals surface area contributed by atoms with Crippen LogP contribution in [0.4, 0.5) is 19.1 Å². The molecule has 1 aliphatic carbocycles. The van der Waals surface area contributed by atoms with Crippen molar-refractivity contribution in [2.75, 3.05) is 12.4 Å². The zero-order valence-electron chi connectivity index (χ0n) is 18.3.